The zero-order chi connectivity index (χ0) is 16.9. The van der Waals surface area contributed by atoms with Crippen LogP contribution in [0.25, 0.3) is 0 Å². The highest BCUT2D eigenvalue weighted by Crippen LogP contribution is 2.41. The van der Waals surface area contributed by atoms with Crippen molar-refractivity contribution in [3.05, 3.63) is 0 Å². The maximum absolute atomic E-state index is 13.0. The Morgan fingerprint density at radius 3 is 2.50 bits per heavy atom. The highest BCUT2D eigenvalue weighted by atomic mass is 32.1. The number of nitrogens with zero attached hydrogens (tertiary/aromatic N) is 2. The minimum atomic E-state index is -0.122. The summed E-state index contributed by atoms with van der Waals surface area (Å²) in [6.45, 7) is 6.28. The fraction of sp³-hybridized carbons (Fsp3) is 0.889. The number of piperidine rings is 1. The summed E-state index contributed by atoms with van der Waals surface area (Å²) in [6, 6.07) is 1.09. The van der Waals surface area contributed by atoms with Crippen LogP contribution in [0.5, 0.6) is 0 Å². The monoisotopic (exact) mass is 350 g/mol. The van der Waals surface area contributed by atoms with Gasteiger partial charge in [-0.05, 0) is 50.2 Å². The van der Waals surface area contributed by atoms with E-state index < -0.39 is 0 Å². The Morgan fingerprint density at radius 1 is 1.29 bits per heavy atom. The quantitative estimate of drug-likeness (QED) is 0.758. The van der Waals surface area contributed by atoms with E-state index in [9.17, 15) is 4.79 Å². The lowest BCUT2D eigenvalue weighted by Crippen LogP contribution is -2.61. The van der Waals surface area contributed by atoms with Gasteiger partial charge in [-0.25, -0.2) is 0 Å². The number of hydrogen-bond acceptors (Lipinski definition) is 3. The molecule has 6 heteroatoms. The summed E-state index contributed by atoms with van der Waals surface area (Å²) < 4.78 is 0. The van der Waals surface area contributed by atoms with Crippen LogP contribution in [0, 0.1) is 5.92 Å². The predicted octanol–water partition coefficient (Wildman–Crippen LogP) is 1.82. The highest BCUT2D eigenvalue weighted by Gasteiger charge is 2.55. The zero-order valence-electron chi connectivity index (χ0n) is 14.9. The van der Waals surface area contributed by atoms with Gasteiger partial charge in [0.1, 0.15) is 0 Å². The molecule has 0 aromatic heterocycles. The van der Waals surface area contributed by atoms with Crippen molar-refractivity contribution in [3.63, 3.8) is 0 Å². The van der Waals surface area contributed by atoms with Crippen molar-refractivity contribution >= 4 is 23.2 Å². The first-order valence-corrected chi connectivity index (χ1v) is 10.1. The van der Waals surface area contributed by atoms with Gasteiger partial charge in [0.15, 0.2) is 5.11 Å². The van der Waals surface area contributed by atoms with Gasteiger partial charge in [0, 0.05) is 38.0 Å². The Kier molecular flexibility index (Phi) is 4.23. The van der Waals surface area contributed by atoms with E-state index in [0.29, 0.717) is 23.9 Å². The van der Waals surface area contributed by atoms with E-state index in [4.69, 9.17) is 12.2 Å². The van der Waals surface area contributed by atoms with Gasteiger partial charge in [0.05, 0.1) is 11.7 Å². The Balaban J connectivity index is 1.43. The van der Waals surface area contributed by atoms with Crippen molar-refractivity contribution < 1.29 is 4.79 Å². The molecule has 0 aromatic carbocycles. The summed E-state index contributed by atoms with van der Waals surface area (Å²) in [7, 11) is 0. The van der Waals surface area contributed by atoms with Crippen LogP contribution in [0.1, 0.15) is 58.8 Å². The lowest BCUT2D eigenvalue weighted by Gasteiger charge is -2.45. The summed E-state index contributed by atoms with van der Waals surface area (Å²) in [5, 5.41) is 8.12. The molecule has 0 aromatic rings. The Labute approximate surface area is 150 Å². The molecule has 4 fully saturated rings. The van der Waals surface area contributed by atoms with Gasteiger partial charge in [-0.2, -0.15) is 0 Å². The standard InChI is InChI=1S/C18H30N4OS/c1-12(2)11-15-16(23)22(14-5-6-14)18(20-15)7-9-21(10-8-18)17(24)19-13-3-4-13/h12-15,20H,3-11H2,1-2H3,(H,19,24)/t15-/m1/s1. The molecule has 24 heavy (non-hydrogen) atoms. The van der Waals surface area contributed by atoms with Gasteiger partial charge >= 0.3 is 0 Å². The molecular weight excluding hydrogens is 320 g/mol. The van der Waals surface area contributed by atoms with Crippen LogP contribution in [-0.4, -0.2) is 57.7 Å². The number of hydrogen-bond donors (Lipinski definition) is 2. The average molecular weight is 351 g/mol. The molecule has 2 aliphatic heterocycles. The van der Waals surface area contributed by atoms with E-state index in [2.05, 4.69) is 34.3 Å². The van der Waals surface area contributed by atoms with Gasteiger partial charge in [-0.15, -0.1) is 0 Å². The second-order valence-corrected chi connectivity index (χ2v) is 8.89. The van der Waals surface area contributed by atoms with Gasteiger partial charge in [-0.3, -0.25) is 10.1 Å². The number of carbonyl (C=O) groups excluding carboxylic acids is 1. The summed E-state index contributed by atoms with van der Waals surface area (Å²) in [4.78, 5) is 17.5. The largest absolute Gasteiger partial charge is 0.360 e. The molecule has 4 aliphatic rings. The van der Waals surface area contributed by atoms with Crippen LogP contribution < -0.4 is 10.6 Å². The fourth-order valence-corrected chi connectivity index (χ4v) is 4.64. The maximum Gasteiger partial charge on any atom is 0.241 e. The zero-order valence-corrected chi connectivity index (χ0v) is 15.7. The lowest BCUT2D eigenvalue weighted by molar-refractivity contribution is -0.134. The maximum atomic E-state index is 13.0. The first-order valence-electron chi connectivity index (χ1n) is 9.65. The smallest absolute Gasteiger partial charge is 0.241 e. The van der Waals surface area contributed by atoms with Gasteiger partial charge in [0.25, 0.3) is 0 Å². The normalized spacial score (nSPS) is 29.6. The second-order valence-electron chi connectivity index (χ2n) is 8.51. The number of nitrogens with one attached hydrogen (secondary N) is 2. The molecule has 2 saturated heterocycles. The van der Waals surface area contributed by atoms with Crippen LogP contribution in [0.3, 0.4) is 0 Å². The molecule has 0 bridgehead atoms. The van der Waals surface area contributed by atoms with Crippen LogP contribution in [0.15, 0.2) is 0 Å². The van der Waals surface area contributed by atoms with Crippen molar-refractivity contribution in [1.82, 2.24) is 20.4 Å². The minimum absolute atomic E-state index is 0.00805. The average Bonchev–Trinajstić information content (AvgIpc) is 3.42. The predicted molar refractivity (Wildman–Crippen MR) is 98.5 cm³/mol. The van der Waals surface area contributed by atoms with Crippen LogP contribution in [0.2, 0.25) is 0 Å². The van der Waals surface area contributed by atoms with Crippen LogP contribution >= 0.6 is 12.2 Å². The van der Waals surface area contributed by atoms with E-state index in [0.717, 1.165) is 37.5 Å². The number of likely N-dealkylation sites (tertiary alicyclic amines) is 1. The van der Waals surface area contributed by atoms with Gasteiger partial charge < -0.3 is 15.1 Å². The molecular formula is C18H30N4OS. The molecule has 4 rings (SSSR count). The number of carbonyl (C=O) groups is 1. The molecule has 2 saturated carbocycles. The van der Waals surface area contributed by atoms with Crippen molar-refractivity contribution in [1.29, 1.82) is 0 Å². The Hall–Kier alpha value is -0.880. The third kappa shape index (κ3) is 3.15. The lowest BCUT2D eigenvalue weighted by atomic mass is 9.95. The van der Waals surface area contributed by atoms with E-state index >= 15 is 0 Å². The summed E-state index contributed by atoms with van der Waals surface area (Å²) in [6.07, 6.45) is 7.76. The second kappa shape index (κ2) is 6.13. The molecule has 2 aliphatic carbocycles. The van der Waals surface area contributed by atoms with E-state index in [1.807, 2.05) is 0 Å². The molecule has 1 atom stereocenters. The van der Waals surface area contributed by atoms with Crippen molar-refractivity contribution in [2.24, 2.45) is 5.92 Å². The summed E-state index contributed by atoms with van der Waals surface area (Å²) >= 11 is 5.56. The summed E-state index contributed by atoms with van der Waals surface area (Å²) in [5.41, 5.74) is -0.122. The van der Waals surface area contributed by atoms with Crippen LogP contribution in [-0.2, 0) is 4.79 Å². The van der Waals surface area contributed by atoms with E-state index in [-0.39, 0.29) is 11.7 Å². The molecule has 2 heterocycles. The number of amides is 1. The number of thiocarbonyl (C=S) groups is 1. The molecule has 134 valence electrons. The van der Waals surface area contributed by atoms with Gasteiger partial charge in [0.2, 0.25) is 5.91 Å². The SMILES string of the molecule is CC(C)C[C@H]1NC2(CCN(C(=S)NC3CC3)CC2)N(C2CC2)C1=O. The third-order valence-electron chi connectivity index (χ3n) is 5.84. The van der Waals surface area contributed by atoms with Crippen molar-refractivity contribution in [2.45, 2.75) is 82.6 Å². The topological polar surface area (TPSA) is 47.6 Å². The number of rotatable bonds is 4. The first-order chi connectivity index (χ1) is 11.5. The molecule has 5 nitrogen and oxygen atoms in total. The molecule has 1 spiro atoms. The molecule has 1 amide bonds. The fourth-order valence-electron chi connectivity index (χ4n) is 4.29. The molecule has 0 radical (unpaired) electrons. The van der Waals surface area contributed by atoms with Crippen molar-refractivity contribution in [2.75, 3.05) is 13.1 Å². The highest BCUT2D eigenvalue weighted by molar-refractivity contribution is 7.80. The van der Waals surface area contributed by atoms with Gasteiger partial charge in [-0.1, -0.05) is 13.8 Å². The van der Waals surface area contributed by atoms with Crippen LogP contribution in [0.4, 0.5) is 0 Å². The van der Waals surface area contributed by atoms with Crippen molar-refractivity contribution in [3.8, 4) is 0 Å². The van der Waals surface area contributed by atoms with E-state index in [1.165, 1.54) is 25.7 Å². The first kappa shape index (κ1) is 16.6. The summed E-state index contributed by atoms with van der Waals surface area (Å²) in [5.74, 6) is 0.886. The third-order valence-corrected chi connectivity index (χ3v) is 6.22. The molecule has 2 N–H and O–H groups in total. The Morgan fingerprint density at radius 2 is 1.96 bits per heavy atom. The Bertz CT molecular complexity index is 521. The minimum Gasteiger partial charge on any atom is -0.360 e. The van der Waals surface area contributed by atoms with E-state index in [1.54, 1.807) is 0 Å². The molecule has 0 unspecified atom stereocenters.